The zero-order chi connectivity index (χ0) is 13.8. The van der Waals surface area contributed by atoms with Crippen molar-refractivity contribution in [1.82, 2.24) is 4.90 Å². The molecule has 0 aromatic heterocycles. The van der Waals surface area contributed by atoms with E-state index in [0.717, 1.165) is 31.5 Å². The monoisotopic (exact) mass is 269 g/mol. The van der Waals surface area contributed by atoms with Crippen LogP contribution in [0.1, 0.15) is 46.5 Å². The Bertz CT molecular complexity index is 261. The predicted molar refractivity (Wildman–Crippen MR) is 78.1 cm³/mol. The summed E-state index contributed by atoms with van der Waals surface area (Å²) in [4.78, 5) is 2.41. The molecule has 3 nitrogen and oxygen atoms in total. The molecule has 0 unspecified atom stereocenters. The quantitative estimate of drug-likeness (QED) is 0.832. The topological polar surface area (TPSA) is 32.7 Å². The van der Waals surface area contributed by atoms with Gasteiger partial charge in [-0.25, -0.2) is 0 Å². The molecule has 1 N–H and O–H groups in total. The molecule has 2 rings (SSSR count). The smallest absolute Gasteiger partial charge is 0.0900 e. The summed E-state index contributed by atoms with van der Waals surface area (Å²) in [5, 5.41) is 10.2. The van der Waals surface area contributed by atoms with Gasteiger partial charge in [0.05, 0.1) is 18.8 Å². The van der Waals surface area contributed by atoms with Crippen LogP contribution in [0.4, 0.5) is 0 Å². The first kappa shape index (κ1) is 15.3. The van der Waals surface area contributed by atoms with Crippen molar-refractivity contribution in [1.29, 1.82) is 0 Å². The van der Waals surface area contributed by atoms with E-state index in [-0.39, 0.29) is 6.10 Å². The maximum absolute atomic E-state index is 10.2. The highest BCUT2D eigenvalue weighted by atomic mass is 16.5. The summed E-state index contributed by atoms with van der Waals surface area (Å²) < 4.78 is 5.90. The Hall–Kier alpha value is -0.120. The van der Waals surface area contributed by atoms with Crippen LogP contribution in [-0.2, 0) is 4.74 Å². The van der Waals surface area contributed by atoms with Crippen molar-refractivity contribution in [3.8, 4) is 0 Å². The number of ether oxygens (including phenoxy) is 1. The molecule has 0 spiro atoms. The van der Waals surface area contributed by atoms with Crippen molar-refractivity contribution in [3.63, 3.8) is 0 Å². The second-order valence-electron chi connectivity index (χ2n) is 7.10. The van der Waals surface area contributed by atoms with E-state index >= 15 is 0 Å². The van der Waals surface area contributed by atoms with Gasteiger partial charge in [-0.15, -0.1) is 0 Å². The third kappa shape index (κ3) is 4.73. The Morgan fingerprint density at radius 1 is 1.16 bits per heavy atom. The fourth-order valence-electron chi connectivity index (χ4n) is 3.89. The second kappa shape index (κ2) is 7.05. The van der Waals surface area contributed by atoms with Crippen molar-refractivity contribution in [2.75, 3.05) is 26.2 Å². The van der Waals surface area contributed by atoms with Crippen molar-refractivity contribution < 1.29 is 9.84 Å². The number of hydrogen-bond donors (Lipinski definition) is 1. The molecule has 0 aromatic carbocycles. The summed E-state index contributed by atoms with van der Waals surface area (Å²) in [7, 11) is 0. The minimum atomic E-state index is -0.328. The van der Waals surface area contributed by atoms with Gasteiger partial charge < -0.3 is 14.7 Å². The Kier molecular flexibility index (Phi) is 5.67. The van der Waals surface area contributed by atoms with Crippen molar-refractivity contribution >= 4 is 0 Å². The maximum atomic E-state index is 10.2. The van der Waals surface area contributed by atoms with Crippen LogP contribution in [0.5, 0.6) is 0 Å². The lowest BCUT2D eigenvalue weighted by atomic mass is 9.92. The lowest BCUT2D eigenvalue weighted by Crippen LogP contribution is -2.44. The summed E-state index contributed by atoms with van der Waals surface area (Å²) in [6.45, 7) is 10.4. The van der Waals surface area contributed by atoms with Crippen LogP contribution in [-0.4, -0.2) is 48.5 Å². The van der Waals surface area contributed by atoms with Crippen LogP contribution in [0.2, 0.25) is 0 Å². The number of nitrogens with zero attached hydrogens (tertiary/aromatic N) is 1. The summed E-state index contributed by atoms with van der Waals surface area (Å²) in [5.41, 5.74) is 0. The molecule has 0 bridgehead atoms. The first-order valence-corrected chi connectivity index (χ1v) is 8.06. The highest BCUT2D eigenvalue weighted by molar-refractivity contribution is 4.78. The van der Waals surface area contributed by atoms with E-state index in [1.807, 2.05) is 0 Å². The number of piperidine rings is 1. The second-order valence-corrected chi connectivity index (χ2v) is 7.10. The highest BCUT2D eigenvalue weighted by Crippen LogP contribution is 2.27. The van der Waals surface area contributed by atoms with Crippen molar-refractivity contribution in [2.45, 2.75) is 58.7 Å². The van der Waals surface area contributed by atoms with Gasteiger partial charge >= 0.3 is 0 Å². The minimum Gasteiger partial charge on any atom is -0.389 e. The minimum absolute atomic E-state index is 0.328. The predicted octanol–water partition coefficient (Wildman–Crippen LogP) is 2.53. The number of aliphatic hydroxyl groups is 1. The Balaban J connectivity index is 1.67. The van der Waals surface area contributed by atoms with E-state index in [1.165, 1.54) is 25.7 Å². The number of hydrogen-bond acceptors (Lipinski definition) is 3. The average Bonchev–Trinajstić information content (AvgIpc) is 2.71. The standard InChI is InChI=1S/C16H31NO2/c1-12-7-13(2)9-17(8-12)10-15(18)11-19-16-6-4-5-14(16)3/h12-16,18H,4-11H2,1-3H3/t12-,13+,14-,15-,16+/m0/s1. The van der Waals surface area contributed by atoms with Gasteiger partial charge in [0.15, 0.2) is 0 Å². The van der Waals surface area contributed by atoms with E-state index in [2.05, 4.69) is 25.7 Å². The number of likely N-dealkylation sites (tertiary alicyclic amines) is 1. The molecule has 1 heterocycles. The van der Waals surface area contributed by atoms with Crippen LogP contribution in [0.3, 0.4) is 0 Å². The van der Waals surface area contributed by atoms with E-state index < -0.39 is 0 Å². The van der Waals surface area contributed by atoms with Gasteiger partial charge in [0, 0.05) is 19.6 Å². The summed E-state index contributed by atoms with van der Waals surface area (Å²) in [6, 6.07) is 0. The molecule has 0 aromatic rings. The average molecular weight is 269 g/mol. The number of aliphatic hydroxyl groups excluding tert-OH is 1. The molecule has 1 aliphatic heterocycles. The summed E-state index contributed by atoms with van der Waals surface area (Å²) in [5.74, 6) is 2.18. The molecule has 0 amide bonds. The molecule has 2 aliphatic rings. The highest BCUT2D eigenvalue weighted by Gasteiger charge is 2.26. The van der Waals surface area contributed by atoms with Gasteiger partial charge in [0.2, 0.25) is 0 Å². The Morgan fingerprint density at radius 2 is 1.84 bits per heavy atom. The third-order valence-electron chi connectivity index (χ3n) is 4.70. The molecular weight excluding hydrogens is 238 g/mol. The van der Waals surface area contributed by atoms with E-state index in [0.29, 0.717) is 18.6 Å². The fraction of sp³-hybridized carbons (Fsp3) is 1.00. The van der Waals surface area contributed by atoms with Gasteiger partial charge in [0.25, 0.3) is 0 Å². The molecule has 1 saturated carbocycles. The van der Waals surface area contributed by atoms with Crippen LogP contribution >= 0.6 is 0 Å². The first-order chi connectivity index (χ1) is 9.04. The normalized spacial score (nSPS) is 38.5. The Labute approximate surface area is 118 Å². The third-order valence-corrected chi connectivity index (χ3v) is 4.70. The first-order valence-electron chi connectivity index (χ1n) is 8.06. The van der Waals surface area contributed by atoms with E-state index in [9.17, 15) is 5.11 Å². The zero-order valence-corrected chi connectivity index (χ0v) is 12.8. The van der Waals surface area contributed by atoms with E-state index in [1.54, 1.807) is 0 Å². The molecule has 112 valence electrons. The van der Waals surface area contributed by atoms with E-state index in [4.69, 9.17) is 4.74 Å². The molecule has 5 atom stereocenters. The van der Waals surface area contributed by atoms with Crippen molar-refractivity contribution in [2.24, 2.45) is 17.8 Å². The van der Waals surface area contributed by atoms with Crippen LogP contribution in [0.25, 0.3) is 0 Å². The molecule has 1 aliphatic carbocycles. The van der Waals surface area contributed by atoms with Crippen LogP contribution in [0.15, 0.2) is 0 Å². The summed E-state index contributed by atoms with van der Waals surface area (Å²) in [6.07, 6.45) is 5.11. The van der Waals surface area contributed by atoms with Crippen LogP contribution in [0, 0.1) is 17.8 Å². The van der Waals surface area contributed by atoms with Gasteiger partial charge in [0.1, 0.15) is 0 Å². The van der Waals surface area contributed by atoms with Gasteiger partial charge in [-0.2, -0.15) is 0 Å². The molecular formula is C16H31NO2. The molecule has 1 saturated heterocycles. The molecule has 0 radical (unpaired) electrons. The number of β-amino-alcohol motifs (C(OH)–C–C–N with tert-alkyl or cyclic N) is 1. The SMILES string of the molecule is C[C@@H]1C[C@H](C)CN(C[C@H](O)CO[C@@H]2CCC[C@@H]2C)C1. The fourth-order valence-corrected chi connectivity index (χ4v) is 3.89. The summed E-state index contributed by atoms with van der Waals surface area (Å²) >= 11 is 0. The van der Waals surface area contributed by atoms with Gasteiger partial charge in [-0.1, -0.05) is 27.2 Å². The number of rotatable bonds is 5. The largest absolute Gasteiger partial charge is 0.389 e. The molecule has 3 heteroatoms. The van der Waals surface area contributed by atoms with Gasteiger partial charge in [-0.3, -0.25) is 0 Å². The lowest BCUT2D eigenvalue weighted by Gasteiger charge is -2.36. The maximum Gasteiger partial charge on any atom is 0.0900 e. The van der Waals surface area contributed by atoms with Gasteiger partial charge in [-0.05, 0) is 37.0 Å². The van der Waals surface area contributed by atoms with Crippen molar-refractivity contribution in [3.05, 3.63) is 0 Å². The van der Waals surface area contributed by atoms with Crippen LogP contribution < -0.4 is 0 Å². The Morgan fingerprint density at radius 3 is 2.42 bits per heavy atom. The molecule has 19 heavy (non-hydrogen) atoms. The molecule has 2 fully saturated rings. The lowest BCUT2D eigenvalue weighted by molar-refractivity contribution is -0.0369. The zero-order valence-electron chi connectivity index (χ0n) is 12.8.